The zero-order valence-electron chi connectivity index (χ0n) is 11.1. The van der Waals surface area contributed by atoms with E-state index in [0.29, 0.717) is 19.4 Å². The van der Waals surface area contributed by atoms with Gasteiger partial charge in [-0.3, -0.25) is 0 Å². The number of hydrogen-bond donors (Lipinski definition) is 2. The molecule has 18 heavy (non-hydrogen) atoms. The van der Waals surface area contributed by atoms with E-state index >= 15 is 0 Å². The Morgan fingerprint density at radius 1 is 1.33 bits per heavy atom. The lowest BCUT2D eigenvalue weighted by atomic mass is 9.78. The van der Waals surface area contributed by atoms with Crippen LogP contribution in [0.3, 0.4) is 0 Å². The van der Waals surface area contributed by atoms with Crippen LogP contribution in [0.25, 0.3) is 0 Å². The van der Waals surface area contributed by atoms with E-state index in [9.17, 15) is 5.11 Å². The summed E-state index contributed by atoms with van der Waals surface area (Å²) in [5.41, 5.74) is 1.57. The Balaban J connectivity index is 1.81. The fourth-order valence-electron chi connectivity index (χ4n) is 3.30. The molecule has 3 rings (SSSR count). The lowest BCUT2D eigenvalue weighted by Crippen LogP contribution is -2.54. The third kappa shape index (κ3) is 2.02. The summed E-state index contributed by atoms with van der Waals surface area (Å²) in [6, 6.07) is 8.42. The maximum Gasteiger partial charge on any atom is 0.0900 e. The van der Waals surface area contributed by atoms with Gasteiger partial charge in [0.25, 0.3) is 0 Å². The van der Waals surface area contributed by atoms with Crippen LogP contribution in [0.15, 0.2) is 24.3 Å². The molecule has 2 aliphatic heterocycles. The van der Waals surface area contributed by atoms with E-state index in [2.05, 4.69) is 37.4 Å². The molecule has 1 aromatic carbocycles. The fraction of sp³-hybridized carbons (Fsp3) is 0.600. The van der Waals surface area contributed by atoms with Gasteiger partial charge in [0, 0.05) is 18.5 Å². The molecule has 3 heteroatoms. The van der Waals surface area contributed by atoms with Gasteiger partial charge < -0.3 is 15.2 Å². The first-order chi connectivity index (χ1) is 8.49. The Hall–Kier alpha value is -1.06. The van der Waals surface area contributed by atoms with Gasteiger partial charge >= 0.3 is 0 Å². The number of ether oxygens (including phenoxy) is 1. The number of benzene rings is 1. The summed E-state index contributed by atoms with van der Waals surface area (Å²) in [4.78, 5) is 0. The van der Waals surface area contributed by atoms with E-state index in [1.807, 2.05) is 6.07 Å². The molecule has 1 fully saturated rings. The summed E-state index contributed by atoms with van der Waals surface area (Å²) >= 11 is 0. The molecule has 2 N–H and O–H groups in total. The highest BCUT2D eigenvalue weighted by Crippen LogP contribution is 2.39. The second-order valence-electron chi connectivity index (χ2n) is 6.20. The van der Waals surface area contributed by atoms with Crippen LogP contribution in [0, 0.1) is 0 Å². The third-order valence-electron chi connectivity index (χ3n) is 4.18. The molecule has 0 bridgehead atoms. The van der Waals surface area contributed by atoms with Crippen molar-refractivity contribution in [3.8, 4) is 0 Å². The molecule has 0 amide bonds. The monoisotopic (exact) mass is 247 g/mol. The molecule has 0 aliphatic carbocycles. The molecular weight excluding hydrogens is 226 g/mol. The third-order valence-corrected chi connectivity index (χ3v) is 4.18. The Kier molecular flexibility index (Phi) is 2.65. The maximum atomic E-state index is 10.9. The molecule has 98 valence electrons. The molecule has 2 heterocycles. The number of fused-ring (bicyclic) bond motifs is 1. The van der Waals surface area contributed by atoms with E-state index < -0.39 is 5.60 Å². The molecule has 3 nitrogen and oxygen atoms in total. The van der Waals surface area contributed by atoms with Crippen LogP contribution in [0.1, 0.15) is 32.3 Å². The standard InChI is InChI=1S/C15H21NO2/c1-14(2)10-15(17,7-8-18-14)13-9-11-5-3-4-6-12(11)16-13/h3-6,13,16-17H,7-10H2,1-2H3. The van der Waals surface area contributed by atoms with Gasteiger partial charge in [-0.1, -0.05) is 18.2 Å². The lowest BCUT2D eigenvalue weighted by molar-refractivity contribution is -0.149. The Morgan fingerprint density at radius 3 is 2.83 bits per heavy atom. The normalized spacial score (nSPS) is 33.8. The van der Waals surface area contributed by atoms with Crippen LogP contribution in [0.5, 0.6) is 0 Å². The SMILES string of the molecule is CC1(C)CC(O)(C2Cc3ccccc3N2)CCO1. The number of hydrogen-bond acceptors (Lipinski definition) is 3. The highest BCUT2D eigenvalue weighted by atomic mass is 16.5. The Bertz CT molecular complexity index is 433. The van der Waals surface area contributed by atoms with Crippen LogP contribution in [-0.4, -0.2) is 29.0 Å². The molecule has 2 atom stereocenters. The second-order valence-corrected chi connectivity index (χ2v) is 6.20. The average Bonchev–Trinajstić information content (AvgIpc) is 2.71. The van der Waals surface area contributed by atoms with Gasteiger partial charge in [0.05, 0.1) is 23.9 Å². The minimum absolute atomic E-state index is 0.109. The van der Waals surface area contributed by atoms with Gasteiger partial charge in [-0.25, -0.2) is 0 Å². The summed E-state index contributed by atoms with van der Waals surface area (Å²) in [6.07, 6.45) is 2.30. The second kappa shape index (κ2) is 3.97. The van der Waals surface area contributed by atoms with Crippen molar-refractivity contribution in [3.63, 3.8) is 0 Å². The fourth-order valence-corrected chi connectivity index (χ4v) is 3.30. The zero-order valence-corrected chi connectivity index (χ0v) is 11.1. The van der Waals surface area contributed by atoms with Crippen molar-refractivity contribution in [1.29, 1.82) is 0 Å². The average molecular weight is 247 g/mol. The Morgan fingerprint density at radius 2 is 2.11 bits per heavy atom. The molecule has 0 radical (unpaired) electrons. The quantitative estimate of drug-likeness (QED) is 0.800. The number of aliphatic hydroxyl groups is 1. The first-order valence-electron chi connectivity index (χ1n) is 6.69. The predicted molar refractivity (Wildman–Crippen MR) is 71.8 cm³/mol. The molecule has 0 aromatic heterocycles. The van der Waals surface area contributed by atoms with Crippen LogP contribution >= 0.6 is 0 Å². The van der Waals surface area contributed by atoms with Gasteiger partial charge in [-0.2, -0.15) is 0 Å². The predicted octanol–water partition coefficient (Wildman–Crippen LogP) is 2.34. The summed E-state index contributed by atoms with van der Waals surface area (Å²) in [7, 11) is 0. The first kappa shape index (κ1) is 12.0. The zero-order chi connectivity index (χ0) is 12.8. The van der Waals surface area contributed by atoms with Crippen LogP contribution in [0.2, 0.25) is 0 Å². The van der Waals surface area contributed by atoms with Crippen molar-refractivity contribution in [2.24, 2.45) is 0 Å². The van der Waals surface area contributed by atoms with Gasteiger partial charge in [0.2, 0.25) is 0 Å². The number of nitrogens with one attached hydrogen (secondary N) is 1. The van der Waals surface area contributed by atoms with Crippen molar-refractivity contribution >= 4 is 5.69 Å². The van der Waals surface area contributed by atoms with E-state index in [4.69, 9.17) is 4.74 Å². The molecule has 1 aromatic rings. The molecule has 0 saturated carbocycles. The Labute approximate surface area is 108 Å². The van der Waals surface area contributed by atoms with Crippen molar-refractivity contribution < 1.29 is 9.84 Å². The van der Waals surface area contributed by atoms with Crippen LogP contribution in [0.4, 0.5) is 5.69 Å². The smallest absolute Gasteiger partial charge is 0.0900 e. The minimum atomic E-state index is -0.666. The number of rotatable bonds is 1. The summed E-state index contributed by atoms with van der Waals surface area (Å²) in [5, 5.41) is 14.4. The van der Waals surface area contributed by atoms with Crippen molar-refractivity contribution in [1.82, 2.24) is 0 Å². The number of anilines is 1. The van der Waals surface area contributed by atoms with Crippen molar-refractivity contribution in [2.75, 3.05) is 11.9 Å². The largest absolute Gasteiger partial charge is 0.388 e. The van der Waals surface area contributed by atoms with Gasteiger partial charge in [0.15, 0.2) is 0 Å². The maximum absolute atomic E-state index is 10.9. The topological polar surface area (TPSA) is 41.5 Å². The van der Waals surface area contributed by atoms with E-state index in [1.165, 1.54) is 11.3 Å². The van der Waals surface area contributed by atoms with Gasteiger partial charge in [0.1, 0.15) is 0 Å². The highest BCUT2D eigenvalue weighted by Gasteiger charge is 2.46. The van der Waals surface area contributed by atoms with E-state index in [-0.39, 0.29) is 11.6 Å². The van der Waals surface area contributed by atoms with E-state index in [1.54, 1.807) is 0 Å². The van der Waals surface area contributed by atoms with Gasteiger partial charge in [-0.15, -0.1) is 0 Å². The van der Waals surface area contributed by atoms with Crippen LogP contribution in [-0.2, 0) is 11.2 Å². The lowest BCUT2D eigenvalue weighted by Gasteiger charge is -2.44. The van der Waals surface area contributed by atoms with Crippen molar-refractivity contribution in [3.05, 3.63) is 29.8 Å². The summed E-state index contributed by atoms with van der Waals surface area (Å²) in [5.74, 6) is 0. The first-order valence-corrected chi connectivity index (χ1v) is 6.69. The molecule has 2 aliphatic rings. The molecule has 2 unspecified atom stereocenters. The number of para-hydroxylation sites is 1. The minimum Gasteiger partial charge on any atom is -0.388 e. The molecular formula is C15H21NO2. The van der Waals surface area contributed by atoms with Crippen molar-refractivity contribution in [2.45, 2.75) is 50.4 Å². The van der Waals surface area contributed by atoms with Crippen LogP contribution < -0.4 is 5.32 Å². The molecule has 0 spiro atoms. The van der Waals surface area contributed by atoms with Gasteiger partial charge in [-0.05, 0) is 31.9 Å². The summed E-state index contributed by atoms with van der Waals surface area (Å²) in [6.45, 7) is 4.75. The summed E-state index contributed by atoms with van der Waals surface area (Å²) < 4.78 is 5.71. The molecule has 1 saturated heterocycles. The highest BCUT2D eigenvalue weighted by molar-refractivity contribution is 5.57. The van der Waals surface area contributed by atoms with E-state index in [0.717, 1.165) is 6.42 Å².